The van der Waals surface area contributed by atoms with E-state index in [0.717, 1.165) is 0 Å². The first-order valence-electron chi connectivity index (χ1n) is 11.4. The van der Waals surface area contributed by atoms with Crippen LogP contribution in [0.25, 0.3) is 0 Å². The van der Waals surface area contributed by atoms with Crippen molar-refractivity contribution in [3.63, 3.8) is 0 Å². The summed E-state index contributed by atoms with van der Waals surface area (Å²) in [5, 5.41) is 13.6. The number of amides is 1. The molecule has 204 valence electrons. The van der Waals surface area contributed by atoms with E-state index in [-0.39, 0.29) is 29.4 Å². The molecule has 1 aromatic carbocycles. The number of aliphatic hydroxyl groups is 1. The molecular weight excluding hydrogens is 505 g/mol. The van der Waals surface area contributed by atoms with Gasteiger partial charge in [0.15, 0.2) is 11.5 Å². The van der Waals surface area contributed by atoms with Gasteiger partial charge < -0.3 is 24.6 Å². The van der Waals surface area contributed by atoms with Crippen molar-refractivity contribution in [3.8, 4) is 17.2 Å². The fourth-order valence-electron chi connectivity index (χ4n) is 3.86. The molecule has 0 aliphatic heterocycles. The van der Waals surface area contributed by atoms with Crippen molar-refractivity contribution in [2.45, 2.75) is 38.0 Å². The molecule has 3 aromatic rings. The topological polar surface area (TPSA) is 106 Å². The zero-order chi connectivity index (χ0) is 27.9. The molecule has 0 aliphatic carbocycles. The van der Waals surface area contributed by atoms with E-state index in [1.54, 1.807) is 12.1 Å². The van der Waals surface area contributed by atoms with Gasteiger partial charge in [0, 0.05) is 37.9 Å². The minimum Gasteiger partial charge on any atom is -0.493 e. The van der Waals surface area contributed by atoms with Crippen molar-refractivity contribution < 1.29 is 37.3 Å². The highest BCUT2D eigenvalue weighted by Crippen LogP contribution is 2.44. The number of halogens is 3. The quantitative estimate of drug-likeness (QED) is 0.360. The van der Waals surface area contributed by atoms with Gasteiger partial charge in [-0.2, -0.15) is 13.2 Å². The fraction of sp³-hybridized carbons (Fsp3) is 0.346. The van der Waals surface area contributed by atoms with Gasteiger partial charge in [-0.15, -0.1) is 0 Å². The Morgan fingerprint density at radius 1 is 0.947 bits per heavy atom. The molecule has 0 aliphatic rings. The second-order valence-electron chi connectivity index (χ2n) is 8.44. The summed E-state index contributed by atoms with van der Waals surface area (Å²) in [5.74, 6) is -0.346. The van der Waals surface area contributed by atoms with Crippen LogP contribution in [-0.2, 0) is 17.9 Å². The number of nitrogens with one attached hydrogen (secondary N) is 1. The summed E-state index contributed by atoms with van der Waals surface area (Å²) in [7, 11) is 4.07. The number of pyridine rings is 2. The van der Waals surface area contributed by atoms with E-state index in [2.05, 4.69) is 15.3 Å². The highest BCUT2D eigenvalue weighted by Gasteiger charge is 2.57. The van der Waals surface area contributed by atoms with Crippen LogP contribution in [0.5, 0.6) is 17.2 Å². The molecule has 0 radical (unpaired) electrons. The monoisotopic (exact) mass is 534 g/mol. The predicted octanol–water partition coefficient (Wildman–Crippen LogP) is 3.63. The summed E-state index contributed by atoms with van der Waals surface area (Å²) in [6.07, 6.45) is 0.760. The van der Waals surface area contributed by atoms with Crippen LogP contribution in [0.4, 0.5) is 13.2 Å². The second-order valence-corrected chi connectivity index (χ2v) is 8.44. The number of rotatable bonds is 11. The predicted molar refractivity (Wildman–Crippen MR) is 131 cm³/mol. The largest absolute Gasteiger partial charge is 0.493 e. The zero-order valence-electron chi connectivity index (χ0n) is 21.3. The van der Waals surface area contributed by atoms with E-state index in [4.69, 9.17) is 14.2 Å². The van der Waals surface area contributed by atoms with Crippen LogP contribution in [0.2, 0.25) is 0 Å². The van der Waals surface area contributed by atoms with Crippen molar-refractivity contribution >= 4 is 5.91 Å². The Morgan fingerprint density at radius 2 is 1.45 bits per heavy atom. The molecule has 1 amide bonds. The summed E-state index contributed by atoms with van der Waals surface area (Å²) in [6.45, 7) is 0.174. The minimum absolute atomic E-state index is 0.0134. The van der Waals surface area contributed by atoms with E-state index < -0.39 is 30.4 Å². The maximum absolute atomic E-state index is 14.3. The van der Waals surface area contributed by atoms with Gasteiger partial charge in [0.05, 0.1) is 21.3 Å². The average Bonchev–Trinajstić information content (AvgIpc) is 2.91. The highest BCUT2D eigenvalue weighted by molar-refractivity contribution is 5.84. The molecule has 2 heterocycles. The number of alkyl halides is 3. The molecular formula is C26H29F3N4O5. The number of carbonyl (C=O) groups is 1. The van der Waals surface area contributed by atoms with Gasteiger partial charge in [-0.1, -0.05) is 0 Å². The second kappa shape index (κ2) is 12.1. The average molecular weight is 535 g/mol. The first-order valence-corrected chi connectivity index (χ1v) is 11.4. The summed E-state index contributed by atoms with van der Waals surface area (Å²) >= 11 is 0. The standard InChI is InChI=1S/C26H29F3N4O5/c1-25(35,26(27,28)29)33(16-18-7-11-31-12-8-18)22(24(34)32-15-17-5-9-30-10-6-17)19-13-20(36-2)23(38-4)21(14-19)37-3/h5-14,22,35H,15-16H2,1-4H3,(H,32,34). The Bertz CT molecular complexity index is 1190. The smallest absolute Gasteiger partial charge is 0.430 e. The third-order valence-electron chi connectivity index (χ3n) is 5.98. The van der Waals surface area contributed by atoms with E-state index in [9.17, 15) is 23.1 Å². The molecule has 2 unspecified atom stereocenters. The van der Waals surface area contributed by atoms with Crippen LogP contribution >= 0.6 is 0 Å². The van der Waals surface area contributed by atoms with E-state index >= 15 is 0 Å². The lowest BCUT2D eigenvalue weighted by molar-refractivity contribution is -0.316. The third-order valence-corrected chi connectivity index (χ3v) is 5.98. The lowest BCUT2D eigenvalue weighted by atomic mass is 9.98. The molecule has 0 saturated carbocycles. The van der Waals surface area contributed by atoms with Crippen LogP contribution in [0.1, 0.15) is 29.7 Å². The summed E-state index contributed by atoms with van der Waals surface area (Å²) in [5.41, 5.74) is -2.27. The van der Waals surface area contributed by atoms with Crippen LogP contribution in [0, 0.1) is 0 Å². The molecule has 3 rings (SSSR count). The van der Waals surface area contributed by atoms with Gasteiger partial charge in [0.2, 0.25) is 17.4 Å². The lowest BCUT2D eigenvalue weighted by Crippen LogP contribution is -2.59. The van der Waals surface area contributed by atoms with E-state index in [0.29, 0.717) is 23.0 Å². The van der Waals surface area contributed by atoms with Gasteiger partial charge in [0.25, 0.3) is 0 Å². The summed E-state index contributed by atoms with van der Waals surface area (Å²) in [6, 6.07) is 7.44. The van der Waals surface area contributed by atoms with Crippen LogP contribution in [0.3, 0.4) is 0 Å². The van der Waals surface area contributed by atoms with Crippen molar-refractivity contribution in [1.29, 1.82) is 0 Å². The number of benzene rings is 1. The maximum atomic E-state index is 14.3. The van der Waals surface area contributed by atoms with E-state index in [1.807, 2.05) is 0 Å². The molecule has 2 N–H and O–H groups in total. The molecule has 0 fully saturated rings. The van der Waals surface area contributed by atoms with Crippen LogP contribution in [-0.4, -0.2) is 59.1 Å². The molecule has 0 bridgehead atoms. The number of aromatic nitrogens is 2. The lowest BCUT2D eigenvalue weighted by Gasteiger charge is -2.42. The summed E-state index contributed by atoms with van der Waals surface area (Å²) in [4.78, 5) is 22.2. The van der Waals surface area contributed by atoms with Crippen LogP contribution in [0.15, 0.2) is 61.2 Å². The Balaban J connectivity index is 2.19. The Morgan fingerprint density at radius 3 is 1.89 bits per heavy atom. The van der Waals surface area contributed by atoms with Crippen molar-refractivity contribution in [2.75, 3.05) is 21.3 Å². The zero-order valence-corrected chi connectivity index (χ0v) is 21.3. The Hall–Kier alpha value is -3.90. The summed E-state index contributed by atoms with van der Waals surface area (Å²) < 4.78 is 58.9. The van der Waals surface area contributed by atoms with Crippen molar-refractivity contribution in [2.24, 2.45) is 0 Å². The van der Waals surface area contributed by atoms with Crippen LogP contribution < -0.4 is 19.5 Å². The maximum Gasteiger partial charge on any atom is 0.430 e. The third kappa shape index (κ3) is 6.32. The van der Waals surface area contributed by atoms with Gasteiger partial charge >= 0.3 is 6.18 Å². The van der Waals surface area contributed by atoms with E-state index in [1.165, 1.54) is 70.4 Å². The van der Waals surface area contributed by atoms with Gasteiger partial charge in [-0.3, -0.25) is 14.8 Å². The molecule has 12 heteroatoms. The SMILES string of the molecule is COc1cc(C(C(=O)NCc2ccncc2)N(Cc2ccncc2)C(C)(O)C(F)(F)F)cc(OC)c1OC. The molecule has 0 saturated heterocycles. The minimum atomic E-state index is -5.12. The first kappa shape index (κ1) is 28.7. The fourth-order valence-corrected chi connectivity index (χ4v) is 3.86. The van der Waals surface area contributed by atoms with Gasteiger partial charge in [0.1, 0.15) is 6.04 Å². The number of carbonyl (C=O) groups excluding carboxylic acids is 1. The normalized spacial score (nSPS) is 13.9. The number of nitrogens with zero attached hydrogens (tertiary/aromatic N) is 3. The number of hydrogen-bond acceptors (Lipinski definition) is 8. The number of ether oxygens (including phenoxy) is 3. The molecule has 2 atom stereocenters. The Labute approximate surface area is 218 Å². The first-order chi connectivity index (χ1) is 18.0. The van der Waals surface area contributed by atoms with Crippen molar-refractivity contribution in [3.05, 3.63) is 77.9 Å². The number of methoxy groups -OCH3 is 3. The van der Waals surface area contributed by atoms with Gasteiger partial charge in [-0.05, 0) is 60.0 Å². The molecule has 0 spiro atoms. The highest BCUT2D eigenvalue weighted by atomic mass is 19.4. The van der Waals surface area contributed by atoms with Gasteiger partial charge in [-0.25, -0.2) is 4.90 Å². The number of hydrogen-bond donors (Lipinski definition) is 2. The molecule has 9 nitrogen and oxygen atoms in total. The Kier molecular flexibility index (Phi) is 9.13. The van der Waals surface area contributed by atoms with Crippen molar-refractivity contribution in [1.82, 2.24) is 20.2 Å². The molecule has 2 aromatic heterocycles. The molecule has 38 heavy (non-hydrogen) atoms.